The van der Waals surface area contributed by atoms with Gasteiger partial charge in [-0.25, -0.2) is 8.42 Å². The van der Waals surface area contributed by atoms with Crippen molar-refractivity contribution in [2.75, 3.05) is 28.5 Å². The van der Waals surface area contributed by atoms with Gasteiger partial charge in [0.25, 0.3) is 5.69 Å². The zero-order valence-electron chi connectivity index (χ0n) is 11.9. The maximum Gasteiger partial charge on any atom is 0.292 e. The Balaban J connectivity index is 2.36. The van der Waals surface area contributed by atoms with Crippen molar-refractivity contribution in [1.29, 1.82) is 0 Å². The minimum atomic E-state index is -3.39. The first kappa shape index (κ1) is 15.6. The molecule has 0 amide bonds. The van der Waals surface area contributed by atoms with Crippen LogP contribution in [0.4, 0.5) is 17.1 Å². The second-order valence-electron chi connectivity index (χ2n) is 5.01. The molecule has 1 fully saturated rings. The van der Waals surface area contributed by atoms with Gasteiger partial charge in [0.1, 0.15) is 5.69 Å². The number of nitro groups is 1. The molecule has 0 radical (unpaired) electrons. The van der Waals surface area contributed by atoms with E-state index in [0.717, 1.165) is 32.4 Å². The maximum atomic E-state index is 11.6. The fourth-order valence-corrected chi connectivity index (χ4v) is 3.01. The van der Waals surface area contributed by atoms with Gasteiger partial charge in [0.05, 0.1) is 16.4 Å². The first-order valence-corrected chi connectivity index (χ1v) is 8.62. The molecule has 0 aliphatic carbocycles. The first-order valence-electron chi connectivity index (χ1n) is 6.97. The Morgan fingerprint density at radius 1 is 1.29 bits per heavy atom. The zero-order chi connectivity index (χ0) is 15.5. The summed E-state index contributed by atoms with van der Waals surface area (Å²) in [6.45, 7) is 3.05. The van der Waals surface area contributed by atoms with Gasteiger partial charge in [0.15, 0.2) is 0 Å². The Morgan fingerprint density at radius 2 is 1.95 bits per heavy atom. The standard InChI is InChI=1S/C13H19N3O4S/c1-2-21(19,20)14-11-6-7-12(16(17)18)13(10-11)15-8-4-3-5-9-15/h6-7,10,14H,2-5,8-9H2,1H3. The maximum absolute atomic E-state index is 11.6. The number of benzene rings is 1. The van der Waals surface area contributed by atoms with Crippen molar-refractivity contribution in [3.63, 3.8) is 0 Å². The zero-order valence-corrected chi connectivity index (χ0v) is 12.7. The summed E-state index contributed by atoms with van der Waals surface area (Å²) in [6.07, 6.45) is 3.09. The molecule has 1 N–H and O–H groups in total. The van der Waals surface area contributed by atoms with E-state index in [2.05, 4.69) is 4.72 Å². The van der Waals surface area contributed by atoms with Crippen LogP contribution in [0.25, 0.3) is 0 Å². The minimum Gasteiger partial charge on any atom is -0.366 e. The monoisotopic (exact) mass is 313 g/mol. The van der Waals surface area contributed by atoms with Crippen LogP contribution in [0.15, 0.2) is 18.2 Å². The van der Waals surface area contributed by atoms with Gasteiger partial charge in [-0.3, -0.25) is 14.8 Å². The second-order valence-corrected chi connectivity index (χ2v) is 7.02. The van der Waals surface area contributed by atoms with Crippen molar-refractivity contribution in [3.8, 4) is 0 Å². The molecule has 0 unspecified atom stereocenters. The molecule has 2 rings (SSSR count). The van der Waals surface area contributed by atoms with E-state index >= 15 is 0 Å². The molecule has 0 atom stereocenters. The Hall–Kier alpha value is -1.83. The van der Waals surface area contributed by atoms with Crippen LogP contribution in [-0.4, -0.2) is 32.2 Å². The molecule has 116 valence electrons. The minimum absolute atomic E-state index is 0.0105. The van der Waals surface area contributed by atoms with Crippen LogP contribution in [0.3, 0.4) is 0 Å². The molecule has 0 aromatic heterocycles. The Bertz CT molecular complexity index is 624. The number of hydrogen-bond donors (Lipinski definition) is 1. The van der Waals surface area contributed by atoms with E-state index in [1.165, 1.54) is 12.1 Å². The highest BCUT2D eigenvalue weighted by Crippen LogP contribution is 2.33. The van der Waals surface area contributed by atoms with Crippen LogP contribution in [0.5, 0.6) is 0 Å². The van der Waals surface area contributed by atoms with Crippen molar-refractivity contribution in [2.45, 2.75) is 26.2 Å². The second kappa shape index (κ2) is 6.30. The van der Waals surface area contributed by atoms with Gasteiger partial charge in [-0.1, -0.05) is 0 Å². The smallest absolute Gasteiger partial charge is 0.292 e. The molecular formula is C13H19N3O4S. The number of nitro benzene ring substituents is 1. The molecule has 8 heteroatoms. The quantitative estimate of drug-likeness (QED) is 0.665. The molecular weight excluding hydrogens is 294 g/mol. The van der Waals surface area contributed by atoms with Crippen LogP contribution in [0.1, 0.15) is 26.2 Å². The van der Waals surface area contributed by atoms with E-state index in [-0.39, 0.29) is 11.4 Å². The summed E-state index contributed by atoms with van der Waals surface area (Å²) in [7, 11) is -3.39. The van der Waals surface area contributed by atoms with Crippen LogP contribution in [-0.2, 0) is 10.0 Å². The summed E-state index contributed by atoms with van der Waals surface area (Å²) in [6, 6.07) is 4.34. The number of rotatable bonds is 5. The SMILES string of the molecule is CCS(=O)(=O)Nc1ccc([N+](=O)[O-])c(N2CCCCC2)c1. The molecule has 0 spiro atoms. The first-order chi connectivity index (χ1) is 9.93. The third-order valence-electron chi connectivity index (χ3n) is 3.52. The highest BCUT2D eigenvalue weighted by atomic mass is 32.2. The summed E-state index contributed by atoms with van der Waals surface area (Å²) < 4.78 is 25.7. The van der Waals surface area contributed by atoms with Gasteiger partial charge in [0, 0.05) is 19.2 Å². The Labute approximate surface area is 124 Å². The van der Waals surface area contributed by atoms with Crippen molar-refractivity contribution in [3.05, 3.63) is 28.3 Å². The van der Waals surface area contributed by atoms with Crippen molar-refractivity contribution in [2.24, 2.45) is 0 Å². The molecule has 0 bridgehead atoms. The summed E-state index contributed by atoms with van der Waals surface area (Å²) >= 11 is 0. The number of sulfonamides is 1. The highest BCUT2D eigenvalue weighted by Gasteiger charge is 2.22. The van der Waals surface area contributed by atoms with Crippen LogP contribution >= 0.6 is 0 Å². The molecule has 1 aliphatic rings. The number of hydrogen-bond acceptors (Lipinski definition) is 5. The van der Waals surface area contributed by atoms with Gasteiger partial charge in [-0.15, -0.1) is 0 Å². The molecule has 0 saturated carbocycles. The van der Waals surface area contributed by atoms with Gasteiger partial charge in [-0.2, -0.15) is 0 Å². The highest BCUT2D eigenvalue weighted by molar-refractivity contribution is 7.92. The van der Waals surface area contributed by atoms with Gasteiger partial charge < -0.3 is 4.90 Å². The lowest BCUT2D eigenvalue weighted by Gasteiger charge is -2.28. The fourth-order valence-electron chi connectivity index (χ4n) is 2.38. The van der Waals surface area contributed by atoms with Gasteiger partial charge in [-0.05, 0) is 38.3 Å². The van der Waals surface area contributed by atoms with E-state index in [4.69, 9.17) is 0 Å². The summed E-state index contributed by atoms with van der Waals surface area (Å²) in [5.74, 6) is -0.0387. The number of anilines is 2. The largest absolute Gasteiger partial charge is 0.366 e. The fraction of sp³-hybridized carbons (Fsp3) is 0.538. The summed E-state index contributed by atoms with van der Waals surface area (Å²) in [5.41, 5.74) is 0.857. The lowest BCUT2D eigenvalue weighted by Crippen LogP contribution is -2.30. The van der Waals surface area contributed by atoms with E-state index in [1.54, 1.807) is 13.0 Å². The third-order valence-corrected chi connectivity index (χ3v) is 4.83. The van der Waals surface area contributed by atoms with Crippen LogP contribution in [0, 0.1) is 10.1 Å². The van der Waals surface area contributed by atoms with Gasteiger partial charge in [0.2, 0.25) is 10.0 Å². The molecule has 1 aromatic carbocycles. The average molecular weight is 313 g/mol. The van der Waals surface area contributed by atoms with E-state index in [1.807, 2.05) is 4.90 Å². The van der Waals surface area contributed by atoms with Crippen molar-refractivity contribution >= 4 is 27.1 Å². The summed E-state index contributed by atoms with van der Waals surface area (Å²) in [4.78, 5) is 12.7. The van der Waals surface area contributed by atoms with E-state index in [9.17, 15) is 18.5 Å². The predicted octanol–water partition coefficient (Wildman–Crippen LogP) is 2.35. The van der Waals surface area contributed by atoms with Crippen molar-refractivity contribution in [1.82, 2.24) is 0 Å². The molecule has 1 saturated heterocycles. The lowest BCUT2D eigenvalue weighted by atomic mass is 10.1. The lowest BCUT2D eigenvalue weighted by molar-refractivity contribution is -0.384. The number of nitrogens with one attached hydrogen (secondary N) is 1. The van der Waals surface area contributed by atoms with Crippen molar-refractivity contribution < 1.29 is 13.3 Å². The number of piperidine rings is 1. The Kier molecular flexibility index (Phi) is 4.66. The van der Waals surface area contributed by atoms with Crippen LogP contribution in [0.2, 0.25) is 0 Å². The molecule has 21 heavy (non-hydrogen) atoms. The summed E-state index contributed by atoms with van der Waals surface area (Å²) in [5, 5.41) is 11.2. The normalized spacial score (nSPS) is 15.8. The predicted molar refractivity (Wildman–Crippen MR) is 82.2 cm³/mol. The molecule has 1 heterocycles. The van der Waals surface area contributed by atoms with E-state index in [0.29, 0.717) is 11.4 Å². The average Bonchev–Trinajstić information content (AvgIpc) is 2.47. The Morgan fingerprint density at radius 3 is 2.52 bits per heavy atom. The van der Waals surface area contributed by atoms with Gasteiger partial charge >= 0.3 is 0 Å². The molecule has 1 aromatic rings. The van der Waals surface area contributed by atoms with E-state index < -0.39 is 14.9 Å². The topological polar surface area (TPSA) is 92.5 Å². The number of nitrogens with zero attached hydrogens (tertiary/aromatic N) is 2. The molecule has 1 aliphatic heterocycles. The molecule has 7 nitrogen and oxygen atoms in total. The van der Waals surface area contributed by atoms with Crippen LogP contribution < -0.4 is 9.62 Å². The third kappa shape index (κ3) is 3.84.